The van der Waals surface area contributed by atoms with Crippen molar-refractivity contribution in [3.63, 3.8) is 0 Å². The van der Waals surface area contributed by atoms with Gasteiger partial charge in [-0.3, -0.25) is 10.1 Å². The van der Waals surface area contributed by atoms with Crippen molar-refractivity contribution in [3.8, 4) is 11.3 Å². The Kier molecular flexibility index (Phi) is 2.45. The molecule has 94 valence electrons. The van der Waals surface area contributed by atoms with E-state index in [2.05, 4.69) is 4.98 Å². The minimum Gasteiger partial charge on any atom is -0.397 e. The van der Waals surface area contributed by atoms with Crippen LogP contribution in [0.2, 0.25) is 0 Å². The van der Waals surface area contributed by atoms with Crippen LogP contribution in [-0.2, 0) is 0 Å². The van der Waals surface area contributed by atoms with E-state index < -0.39 is 4.92 Å². The fourth-order valence-electron chi connectivity index (χ4n) is 2.13. The number of nitrogens with two attached hydrogens (primary N) is 1. The first-order valence-corrected chi connectivity index (χ1v) is 5.77. The smallest absolute Gasteiger partial charge is 0.272 e. The van der Waals surface area contributed by atoms with Gasteiger partial charge in [0.15, 0.2) is 0 Å². The van der Waals surface area contributed by atoms with Gasteiger partial charge in [0.25, 0.3) is 5.69 Å². The molecule has 0 unspecified atom stereocenters. The molecule has 3 N–H and O–H groups in total. The lowest BCUT2D eigenvalue weighted by Crippen LogP contribution is -1.92. The van der Waals surface area contributed by atoms with Gasteiger partial charge in [0.05, 0.1) is 16.1 Å². The molecule has 3 rings (SSSR count). The molecule has 5 nitrogen and oxygen atoms in total. The number of nitrogen functional groups attached to an aromatic ring is 1. The number of fused-ring (bicyclic) bond motifs is 1. The topological polar surface area (TPSA) is 84.9 Å². The van der Waals surface area contributed by atoms with Crippen LogP contribution in [0.1, 0.15) is 0 Å². The standard InChI is InChI=1S/C14H11N3O2/c15-12-8-11(17(18)19)6-10-7-13(16-14(10)12)9-4-2-1-3-5-9/h1-8,16H,15H2. The number of non-ortho nitro benzene ring substituents is 1. The van der Waals surface area contributed by atoms with Crippen molar-refractivity contribution in [3.05, 3.63) is 58.6 Å². The molecule has 0 aliphatic carbocycles. The molecule has 0 atom stereocenters. The molecule has 1 heterocycles. The number of aromatic nitrogens is 1. The molecule has 0 aliphatic heterocycles. The van der Waals surface area contributed by atoms with Gasteiger partial charge in [0.1, 0.15) is 0 Å². The molecule has 0 radical (unpaired) electrons. The molecule has 0 amide bonds. The van der Waals surface area contributed by atoms with Gasteiger partial charge in [-0.25, -0.2) is 0 Å². The molecule has 3 aromatic rings. The van der Waals surface area contributed by atoms with Crippen LogP contribution in [0.5, 0.6) is 0 Å². The minimum atomic E-state index is -0.439. The summed E-state index contributed by atoms with van der Waals surface area (Å²) >= 11 is 0. The first kappa shape index (κ1) is 11.3. The summed E-state index contributed by atoms with van der Waals surface area (Å²) in [7, 11) is 0. The highest BCUT2D eigenvalue weighted by Crippen LogP contribution is 2.30. The van der Waals surface area contributed by atoms with Crippen molar-refractivity contribution in [2.24, 2.45) is 0 Å². The first-order chi connectivity index (χ1) is 9.15. The number of rotatable bonds is 2. The lowest BCUT2D eigenvalue weighted by Gasteiger charge is -1.97. The van der Waals surface area contributed by atoms with Gasteiger partial charge in [-0.1, -0.05) is 30.3 Å². The molecule has 0 saturated heterocycles. The summed E-state index contributed by atoms with van der Waals surface area (Å²) in [6, 6.07) is 14.5. The molecule has 2 aromatic carbocycles. The summed E-state index contributed by atoms with van der Waals surface area (Å²) in [6.07, 6.45) is 0. The van der Waals surface area contributed by atoms with Crippen LogP contribution in [0.25, 0.3) is 22.2 Å². The Morgan fingerprint density at radius 1 is 1.11 bits per heavy atom. The molecule has 5 heteroatoms. The highest BCUT2D eigenvalue weighted by atomic mass is 16.6. The van der Waals surface area contributed by atoms with E-state index in [1.54, 1.807) is 0 Å². The molecule has 0 fully saturated rings. The molecule has 19 heavy (non-hydrogen) atoms. The largest absolute Gasteiger partial charge is 0.397 e. The number of hydrogen-bond donors (Lipinski definition) is 2. The SMILES string of the molecule is Nc1cc([N+](=O)[O-])cc2cc(-c3ccccc3)[nH]c12. The van der Waals surface area contributed by atoms with Gasteiger partial charge in [-0.2, -0.15) is 0 Å². The maximum Gasteiger partial charge on any atom is 0.272 e. The van der Waals surface area contributed by atoms with Crippen molar-refractivity contribution in [1.29, 1.82) is 0 Å². The molecule has 0 saturated carbocycles. The summed E-state index contributed by atoms with van der Waals surface area (Å²) in [4.78, 5) is 13.6. The molecular formula is C14H11N3O2. The van der Waals surface area contributed by atoms with E-state index >= 15 is 0 Å². The van der Waals surface area contributed by atoms with Gasteiger partial charge in [-0.15, -0.1) is 0 Å². The molecule has 0 aliphatic rings. The predicted molar refractivity (Wildman–Crippen MR) is 74.8 cm³/mol. The van der Waals surface area contributed by atoms with Crippen LogP contribution in [-0.4, -0.2) is 9.91 Å². The third kappa shape index (κ3) is 1.91. The lowest BCUT2D eigenvalue weighted by molar-refractivity contribution is -0.384. The van der Waals surface area contributed by atoms with Gasteiger partial charge in [0, 0.05) is 23.2 Å². The Labute approximate surface area is 108 Å². The van der Waals surface area contributed by atoms with Gasteiger partial charge in [-0.05, 0) is 11.6 Å². The fourth-order valence-corrected chi connectivity index (χ4v) is 2.13. The number of anilines is 1. The zero-order valence-corrected chi connectivity index (χ0v) is 9.96. The highest BCUT2D eigenvalue weighted by Gasteiger charge is 2.12. The number of hydrogen-bond acceptors (Lipinski definition) is 3. The molecule has 0 bridgehead atoms. The van der Waals surface area contributed by atoms with Crippen molar-refractivity contribution >= 4 is 22.3 Å². The van der Waals surface area contributed by atoms with Crippen molar-refractivity contribution in [2.75, 3.05) is 5.73 Å². The van der Waals surface area contributed by atoms with E-state index in [0.717, 1.165) is 22.2 Å². The number of nitro groups is 1. The average Bonchev–Trinajstić information content (AvgIpc) is 2.84. The number of nitrogens with zero attached hydrogens (tertiary/aromatic N) is 1. The summed E-state index contributed by atoms with van der Waals surface area (Å²) in [5.74, 6) is 0. The second-order valence-electron chi connectivity index (χ2n) is 4.31. The van der Waals surface area contributed by atoms with Gasteiger partial charge < -0.3 is 10.7 Å². The van der Waals surface area contributed by atoms with Crippen LogP contribution in [0.3, 0.4) is 0 Å². The predicted octanol–water partition coefficient (Wildman–Crippen LogP) is 3.33. The average molecular weight is 253 g/mol. The van der Waals surface area contributed by atoms with E-state index in [4.69, 9.17) is 5.73 Å². The summed E-state index contributed by atoms with van der Waals surface area (Å²) in [5.41, 5.74) is 8.87. The van der Waals surface area contributed by atoms with Crippen LogP contribution >= 0.6 is 0 Å². The van der Waals surface area contributed by atoms with E-state index in [-0.39, 0.29) is 5.69 Å². The number of aromatic amines is 1. The molecular weight excluding hydrogens is 242 g/mol. The number of nitro benzene ring substituents is 1. The van der Waals surface area contributed by atoms with E-state index in [1.807, 2.05) is 36.4 Å². The lowest BCUT2D eigenvalue weighted by atomic mass is 10.1. The quantitative estimate of drug-likeness (QED) is 0.417. The zero-order chi connectivity index (χ0) is 13.4. The highest BCUT2D eigenvalue weighted by molar-refractivity contribution is 5.95. The molecule has 0 spiro atoms. The maximum atomic E-state index is 10.8. The van der Waals surface area contributed by atoms with Crippen molar-refractivity contribution < 1.29 is 4.92 Å². The van der Waals surface area contributed by atoms with E-state index in [9.17, 15) is 10.1 Å². The molecule has 1 aromatic heterocycles. The maximum absolute atomic E-state index is 10.8. The third-order valence-electron chi connectivity index (χ3n) is 3.04. The first-order valence-electron chi connectivity index (χ1n) is 5.77. The summed E-state index contributed by atoms with van der Waals surface area (Å²) in [6.45, 7) is 0. The van der Waals surface area contributed by atoms with Crippen molar-refractivity contribution in [2.45, 2.75) is 0 Å². The number of H-pyrrole nitrogens is 1. The Morgan fingerprint density at radius 3 is 2.53 bits per heavy atom. The monoisotopic (exact) mass is 253 g/mol. The van der Waals surface area contributed by atoms with Gasteiger partial charge >= 0.3 is 0 Å². The van der Waals surface area contributed by atoms with Crippen molar-refractivity contribution in [1.82, 2.24) is 4.98 Å². The zero-order valence-electron chi connectivity index (χ0n) is 9.96. The Balaban J connectivity index is 2.21. The van der Waals surface area contributed by atoms with E-state index in [1.165, 1.54) is 12.1 Å². The van der Waals surface area contributed by atoms with Gasteiger partial charge in [0.2, 0.25) is 0 Å². The van der Waals surface area contributed by atoms with Crippen LogP contribution in [0.15, 0.2) is 48.5 Å². The summed E-state index contributed by atoms with van der Waals surface area (Å²) < 4.78 is 0. The third-order valence-corrected chi connectivity index (χ3v) is 3.04. The number of benzene rings is 2. The van der Waals surface area contributed by atoms with E-state index in [0.29, 0.717) is 5.69 Å². The van der Waals surface area contributed by atoms with Crippen LogP contribution in [0, 0.1) is 10.1 Å². The van der Waals surface area contributed by atoms with Crippen LogP contribution in [0.4, 0.5) is 11.4 Å². The van der Waals surface area contributed by atoms with Crippen LogP contribution < -0.4 is 5.73 Å². The second-order valence-corrected chi connectivity index (χ2v) is 4.31. The minimum absolute atomic E-state index is 0.00334. The second kappa shape index (κ2) is 4.13. The number of nitrogens with one attached hydrogen (secondary N) is 1. The summed E-state index contributed by atoms with van der Waals surface area (Å²) in [5, 5.41) is 11.6. The Hall–Kier alpha value is -2.82. The Morgan fingerprint density at radius 2 is 1.84 bits per heavy atom. The normalized spacial score (nSPS) is 10.7. The fraction of sp³-hybridized carbons (Fsp3) is 0. The Bertz CT molecular complexity index is 763.